The van der Waals surface area contributed by atoms with Crippen molar-refractivity contribution in [3.63, 3.8) is 0 Å². The number of carbonyl (C=O) groups is 1. The minimum atomic E-state index is -0.599. The molecule has 0 unspecified atom stereocenters. The van der Waals surface area contributed by atoms with Crippen LogP contribution in [-0.2, 0) is 4.79 Å². The van der Waals surface area contributed by atoms with E-state index in [2.05, 4.69) is 10.9 Å². The van der Waals surface area contributed by atoms with E-state index >= 15 is 0 Å². The van der Waals surface area contributed by atoms with Crippen LogP contribution in [0.4, 0.5) is 5.69 Å². The van der Waals surface area contributed by atoms with Crippen LogP contribution in [0.25, 0.3) is 17.8 Å². The maximum atomic E-state index is 12.4. The number of hydrogen-bond acceptors (Lipinski definition) is 7. The molecule has 0 spiro atoms. The van der Waals surface area contributed by atoms with Crippen LogP contribution in [0.3, 0.4) is 0 Å². The maximum Gasteiger partial charge on any atom is 0.338 e. The van der Waals surface area contributed by atoms with Crippen molar-refractivity contribution in [1.82, 2.24) is 10.9 Å². The molecule has 0 saturated heterocycles. The Morgan fingerprint density at radius 2 is 2.11 bits per heavy atom. The molecular formula is C20H18N4O4. The van der Waals surface area contributed by atoms with E-state index in [0.717, 1.165) is 0 Å². The summed E-state index contributed by atoms with van der Waals surface area (Å²) in [5, 5.41) is 9.85. The first-order valence-corrected chi connectivity index (χ1v) is 8.47. The van der Waals surface area contributed by atoms with Crippen molar-refractivity contribution in [2.24, 2.45) is 0 Å². The number of nitriles is 1. The largest absolute Gasteiger partial charge is 0.497 e. The van der Waals surface area contributed by atoms with Crippen LogP contribution in [0.15, 0.2) is 45.1 Å². The first-order chi connectivity index (χ1) is 13.5. The molecule has 142 valence electrons. The molecule has 0 radical (unpaired) electrons. The number of fused-ring (bicyclic) bond motifs is 1. The molecule has 1 aliphatic carbocycles. The Balaban J connectivity index is 1.82. The van der Waals surface area contributed by atoms with Crippen LogP contribution in [0.1, 0.15) is 18.4 Å². The molecule has 8 nitrogen and oxygen atoms in total. The minimum Gasteiger partial charge on any atom is -0.497 e. The number of hydrazine groups is 1. The third-order valence-corrected chi connectivity index (χ3v) is 4.16. The average molecular weight is 378 g/mol. The molecule has 1 aromatic heterocycles. The Hall–Kier alpha value is -3.99. The standard InChI is InChI=1S/C20H18N4O4/c1-27-14-7-5-12(6-8-14)9-13(11-21)20(26)24-23-16-3-2-4-17-19(16)15(22)10-18(25)28-17/h4-10,23H,2-3,22H2,1H3,(H,24,26). The monoisotopic (exact) mass is 378 g/mol. The van der Waals surface area contributed by atoms with Gasteiger partial charge in [0, 0.05) is 11.8 Å². The first-order valence-electron chi connectivity index (χ1n) is 8.47. The lowest BCUT2D eigenvalue weighted by Crippen LogP contribution is -2.44. The zero-order chi connectivity index (χ0) is 20.1. The summed E-state index contributed by atoms with van der Waals surface area (Å²) in [6, 6.07) is 10.0. The van der Waals surface area contributed by atoms with Crippen LogP contribution >= 0.6 is 0 Å². The van der Waals surface area contributed by atoms with Gasteiger partial charge in [-0.3, -0.25) is 10.2 Å². The topological polar surface area (TPSA) is 130 Å². The Bertz CT molecular complexity index is 1150. The van der Waals surface area contributed by atoms with E-state index in [1.807, 2.05) is 6.07 Å². The molecule has 1 aliphatic rings. The van der Waals surface area contributed by atoms with Crippen molar-refractivity contribution < 1.29 is 13.9 Å². The number of nitrogens with one attached hydrogen (secondary N) is 2. The SMILES string of the molecule is COc1ccc(C=C(C#N)C(=O)NNC2=c3c(N)cc(=O)oc3=CCC2)cc1. The molecule has 0 aliphatic heterocycles. The summed E-state index contributed by atoms with van der Waals surface area (Å²) >= 11 is 0. The predicted molar refractivity (Wildman–Crippen MR) is 104 cm³/mol. The zero-order valence-corrected chi connectivity index (χ0v) is 15.1. The highest BCUT2D eigenvalue weighted by Gasteiger charge is 2.13. The van der Waals surface area contributed by atoms with Gasteiger partial charge in [-0.2, -0.15) is 5.26 Å². The van der Waals surface area contributed by atoms with E-state index in [1.165, 1.54) is 12.1 Å². The second-order valence-electron chi connectivity index (χ2n) is 6.00. The van der Waals surface area contributed by atoms with Crippen LogP contribution in [0, 0.1) is 11.3 Å². The smallest absolute Gasteiger partial charge is 0.338 e. The summed E-state index contributed by atoms with van der Waals surface area (Å²) in [5.41, 5.74) is 12.5. The summed E-state index contributed by atoms with van der Waals surface area (Å²) in [6.45, 7) is 0. The minimum absolute atomic E-state index is 0.0755. The van der Waals surface area contributed by atoms with Crippen molar-refractivity contribution in [1.29, 1.82) is 5.26 Å². The number of hydrogen-bond donors (Lipinski definition) is 3. The molecule has 8 heteroatoms. The molecule has 1 heterocycles. The molecule has 0 saturated carbocycles. The third kappa shape index (κ3) is 4.04. The highest BCUT2D eigenvalue weighted by molar-refractivity contribution is 6.01. The van der Waals surface area contributed by atoms with Gasteiger partial charge in [0.2, 0.25) is 0 Å². The lowest BCUT2D eigenvalue weighted by Gasteiger charge is -2.14. The van der Waals surface area contributed by atoms with Crippen LogP contribution in [0.5, 0.6) is 5.75 Å². The van der Waals surface area contributed by atoms with Gasteiger partial charge in [0.25, 0.3) is 5.91 Å². The van der Waals surface area contributed by atoms with Crippen molar-refractivity contribution in [3.8, 4) is 11.8 Å². The Kier molecular flexibility index (Phi) is 5.46. The number of amides is 1. The van der Waals surface area contributed by atoms with E-state index in [0.29, 0.717) is 40.5 Å². The van der Waals surface area contributed by atoms with Gasteiger partial charge in [-0.1, -0.05) is 12.1 Å². The lowest BCUT2D eigenvalue weighted by molar-refractivity contribution is -0.117. The second kappa shape index (κ2) is 8.14. The molecule has 0 fully saturated rings. The van der Waals surface area contributed by atoms with Crippen molar-refractivity contribution >= 4 is 29.4 Å². The fraction of sp³-hybridized carbons (Fsp3) is 0.150. The molecule has 2 aromatic rings. The van der Waals surface area contributed by atoms with E-state index in [9.17, 15) is 14.9 Å². The normalized spacial score (nSPS) is 13.0. The maximum absolute atomic E-state index is 12.4. The molecule has 0 bridgehead atoms. The van der Waals surface area contributed by atoms with Gasteiger partial charge < -0.3 is 20.3 Å². The summed E-state index contributed by atoms with van der Waals surface area (Å²) < 4.78 is 10.2. The molecule has 28 heavy (non-hydrogen) atoms. The molecule has 3 rings (SSSR count). The highest BCUT2D eigenvalue weighted by atomic mass is 16.5. The number of nitrogen functional groups attached to an aromatic ring is 1. The number of nitrogens with two attached hydrogens (primary N) is 1. The van der Waals surface area contributed by atoms with Crippen molar-refractivity contribution in [3.05, 3.63) is 62.5 Å². The number of benzene rings is 1. The van der Waals surface area contributed by atoms with Crippen molar-refractivity contribution in [2.45, 2.75) is 12.8 Å². The van der Waals surface area contributed by atoms with Gasteiger partial charge in [-0.25, -0.2) is 4.79 Å². The number of carbonyl (C=O) groups excluding carboxylic acids is 1. The second-order valence-corrected chi connectivity index (χ2v) is 6.00. The number of rotatable bonds is 5. The number of ether oxygens (including phenoxy) is 1. The van der Waals surface area contributed by atoms with Crippen LogP contribution in [-0.4, -0.2) is 13.0 Å². The van der Waals surface area contributed by atoms with Gasteiger partial charge in [-0.05, 0) is 42.7 Å². The Morgan fingerprint density at radius 3 is 2.79 bits per heavy atom. The fourth-order valence-electron chi connectivity index (χ4n) is 2.81. The lowest BCUT2D eigenvalue weighted by atomic mass is 10.1. The van der Waals surface area contributed by atoms with Gasteiger partial charge in [0.15, 0.2) is 0 Å². The first kappa shape index (κ1) is 18.8. The molecule has 4 N–H and O–H groups in total. The van der Waals surface area contributed by atoms with E-state index in [1.54, 1.807) is 37.5 Å². The van der Waals surface area contributed by atoms with Gasteiger partial charge in [-0.15, -0.1) is 0 Å². The van der Waals surface area contributed by atoms with Gasteiger partial charge >= 0.3 is 5.63 Å². The summed E-state index contributed by atoms with van der Waals surface area (Å²) in [6.07, 6.45) is 4.42. The number of nitrogens with zero attached hydrogens (tertiary/aromatic N) is 1. The molecular weight excluding hydrogens is 360 g/mol. The quantitative estimate of drug-likeness (QED) is 0.383. The fourth-order valence-corrected chi connectivity index (χ4v) is 2.81. The van der Waals surface area contributed by atoms with Crippen LogP contribution < -0.4 is 37.6 Å². The van der Waals surface area contributed by atoms with Gasteiger partial charge in [0.05, 0.1) is 18.0 Å². The zero-order valence-electron chi connectivity index (χ0n) is 15.1. The van der Waals surface area contributed by atoms with Crippen LogP contribution in [0.2, 0.25) is 0 Å². The van der Waals surface area contributed by atoms with E-state index < -0.39 is 11.5 Å². The van der Waals surface area contributed by atoms with E-state index in [4.69, 9.17) is 14.9 Å². The molecule has 1 aromatic carbocycles. The number of anilines is 1. The van der Waals surface area contributed by atoms with E-state index in [-0.39, 0.29) is 11.3 Å². The predicted octanol–water partition coefficient (Wildman–Crippen LogP) is 0.141. The summed E-state index contributed by atoms with van der Waals surface area (Å²) in [7, 11) is 1.56. The average Bonchev–Trinajstić information content (AvgIpc) is 2.70. The highest BCUT2D eigenvalue weighted by Crippen LogP contribution is 2.14. The summed E-state index contributed by atoms with van der Waals surface area (Å²) in [4.78, 5) is 23.8. The Morgan fingerprint density at radius 1 is 1.36 bits per heavy atom. The Labute approximate surface area is 160 Å². The molecule has 1 amide bonds. The third-order valence-electron chi connectivity index (χ3n) is 4.16. The van der Waals surface area contributed by atoms with Crippen molar-refractivity contribution in [2.75, 3.05) is 12.8 Å². The van der Waals surface area contributed by atoms with Gasteiger partial charge in [0.1, 0.15) is 22.8 Å². The summed E-state index contributed by atoms with van der Waals surface area (Å²) in [5.74, 6) is 0.0769. The number of methoxy groups -OCH3 is 1. The molecule has 0 atom stereocenters.